The number of carbonyl (C=O) groups excluding carboxylic acids is 2. The molecule has 126 valence electrons. The first-order valence-corrected chi connectivity index (χ1v) is 9.89. The van der Waals surface area contributed by atoms with Crippen LogP contribution in [-0.2, 0) is 19.6 Å². The van der Waals surface area contributed by atoms with Gasteiger partial charge in [-0.15, -0.1) is 11.3 Å². The van der Waals surface area contributed by atoms with E-state index in [1.165, 1.54) is 15.6 Å². The SMILES string of the molecule is O=C(CN1CCCC1=O)N1CCN(S(=O)(=O)c2cccs2)CC1. The van der Waals surface area contributed by atoms with Crippen molar-refractivity contribution in [2.24, 2.45) is 0 Å². The Bertz CT molecular complexity index is 679. The third-order valence-corrected chi connectivity index (χ3v) is 7.45. The predicted molar refractivity (Wildman–Crippen MR) is 85.5 cm³/mol. The van der Waals surface area contributed by atoms with Crippen LogP contribution in [0.2, 0.25) is 0 Å². The first kappa shape index (κ1) is 16.4. The number of hydrogen-bond donors (Lipinski definition) is 0. The first-order valence-electron chi connectivity index (χ1n) is 7.58. The molecule has 1 aromatic rings. The van der Waals surface area contributed by atoms with Crippen molar-refractivity contribution in [3.63, 3.8) is 0 Å². The molecule has 0 unspecified atom stereocenters. The lowest BCUT2D eigenvalue weighted by molar-refractivity contribution is -0.139. The fraction of sp³-hybridized carbons (Fsp3) is 0.571. The molecule has 2 aliphatic heterocycles. The summed E-state index contributed by atoms with van der Waals surface area (Å²) in [6, 6.07) is 3.31. The number of nitrogens with zero attached hydrogens (tertiary/aromatic N) is 3. The number of hydrogen-bond acceptors (Lipinski definition) is 5. The van der Waals surface area contributed by atoms with Crippen molar-refractivity contribution in [2.75, 3.05) is 39.3 Å². The van der Waals surface area contributed by atoms with Crippen molar-refractivity contribution in [1.29, 1.82) is 0 Å². The van der Waals surface area contributed by atoms with E-state index in [-0.39, 0.29) is 18.4 Å². The Morgan fingerprint density at radius 2 is 1.91 bits per heavy atom. The third-order valence-electron chi connectivity index (χ3n) is 4.18. The lowest BCUT2D eigenvalue weighted by Crippen LogP contribution is -2.52. The van der Waals surface area contributed by atoms with E-state index in [2.05, 4.69) is 0 Å². The Kier molecular flexibility index (Phi) is 4.69. The molecule has 2 saturated heterocycles. The number of amides is 2. The minimum atomic E-state index is -3.45. The van der Waals surface area contributed by atoms with Gasteiger partial charge in [0.25, 0.3) is 10.0 Å². The van der Waals surface area contributed by atoms with Crippen LogP contribution < -0.4 is 0 Å². The summed E-state index contributed by atoms with van der Waals surface area (Å²) in [6.07, 6.45) is 1.32. The van der Waals surface area contributed by atoms with Crippen molar-refractivity contribution in [2.45, 2.75) is 17.1 Å². The second kappa shape index (κ2) is 6.58. The molecule has 3 rings (SSSR count). The zero-order valence-electron chi connectivity index (χ0n) is 12.7. The van der Waals surface area contributed by atoms with Gasteiger partial charge in [0.15, 0.2) is 0 Å². The molecule has 2 aliphatic rings. The molecule has 0 bridgehead atoms. The Labute approximate surface area is 139 Å². The van der Waals surface area contributed by atoms with Crippen molar-refractivity contribution in [3.8, 4) is 0 Å². The van der Waals surface area contributed by atoms with E-state index in [0.29, 0.717) is 43.4 Å². The summed E-state index contributed by atoms with van der Waals surface area (Å²) >= 11 is 1.20. The number of likely N-dealkylation sites (tertiary alicyclic amines) is 1. The maximum atomic E-state index is 12.4. The van der Waals surface area contributed by atoms with Crippen LogP contribution in [0.4, 0.5) is 0 Å². The number of rotatable bonds is 4. The molecule has 0 spiro atoms. The fourth-order valence-corrected chi connectivity index (χ4v) is 5.42. The molecular weight excluding hydrogens is 338 g/mol. The van der Waals surface area contributed by atoms with E-state index < -0.39 is 10.0 Å². The maximum absolute atomic E-state index is 12.4. The maximum Gasteiger partial charge on any atom is 0.252 e. The van der Waals surface area contributed by atoms with E-state index in [4.69, 9.17) is 0 Å². The van der Waals surface area contributed by atoms with Crippen LogP contribution in [0.1, 0.15) is 12.8 Å². The van der Waals surface area contributed by atoms with Crippen LogP contribution >= 0.6 is 11.3 Å². The third kappa shape index (κ3) is 3.41. The second-order valence-electron chi connectivity index (χ2n) is 5.64. The minimum absolute atomic E-state index is 0.0252. The van der Waals surface area contributed by atoms with Crippen LogP contribution in [0, 0.1) is 0 Å². The molecule has 0 aliphatic carbocycles. The van der Waals surface area contributed by atoms with Crippen molar-refractivity contribution in [3.05, 3.63) is 17.5 Å². The van der Waals surface area contributed by atoms with Crippen LogP contribution in [0.25, 0.3) is 0 Å². The van der Waals surface area contributed by atoms with Gasteiger partial charge in [-0.1, -0.05) is 6.07 Å². The van der Waals surface area contributed by atoms with Crippen LogP contribution in [-0.4, -0.2) is 73.6 Å². The molecule has 3 heterocycles. The van der Waals surface area contributed by atoms with E-state index >= 15 is 0 Å². The topological polar surface area (TPSA) is 78.0 Å². The van der Waals surface area contributed by atoms with Crippen molar-refractivity contribution >= 4 is 33.2 Å². The van der Waals surface area contributed by atoms with Gasteiger partial charge in [0.1, 0.15) is 4.21 Å². The molecule has 23 heavy (non-hydrogen) atoms. The number of thiophene rings is 1. The van der Waals surface area contributed by atoms with Gasteiger partial charge in [0.05, 0.1) is 6.54 Å². The molecule has 0 N–H and O–H groups in total. The monoisotopic (exact) mass is 357 g/mol. The van der Waals surface area contributed by atoms with Gasteiger partial charge in [0, 0.05) is 39.1 Å². The zero-order valence-corrected chi connectivity index (χ0v) is 14.3. The average Bonchev–Trinajstić information content (AvgIpc) is 3.20. The zero-order chi connectivity index (χ0) is 16.4. The highest BCUT2D eigenvalue weighted by atomic mass is 32.2. The first-order chi connectivity index (χ1) is 11.0. The Morgan fingerprint density at radius 1 is 1.17 bits per heavy atom. The summed E-state index contributed by atoms with van der Waals surface area (Å²) in [5.41, 5.74) is 0. The fourth-order valence-electron chi connectivity index (χ4n) is 2.85. The van der Waals surface area contributed by atoms with Crippen LogP contribution in [0.5, 0.6) is 0 Å². The Hall–Kier alpha value is -1.45. The summed E-state index contributed by atoms with van der Waals surface area (Å²) < 4.78 is 26.6. The molecule has 2 fully saturated rings. The van der Waals surface area contributed by atoms with E-state index in [0.717, 1.165) is 6.42 Å². The molecular formula is C14H19N3O4S2. The largest absolute Gasteiger partial charge is 0.339 e. The Balaban J connectivity index is 1.56. The smallest absolute Gasteiger partial charge is 0.252 e. The van der Waals surface area contributed by atoms with Crippen molar-refractivity contribution < 1.29 is 18.0 Å². The van der Waals surface area contributed by atoms with Gasteiger partial charge in [0.2, 0.25) is 11.8 Å². The predicted octanol–water partition coefficient (Wildman–Crippen LogP) is 0.203. The average molecular weight is 357 g/mol. The number of piperazine rings is 1. The van der Waals surface area contributed by atoms with Gasteiger partial charge < -0.3 is 9.80 Å². The lowest BCUT2D eigenvalue weighted by Gasteiger charge is -2.34. The Morgan fingerprint density at radius 3 is 2.48 bits per heavy atom. The highest BCUT2D eigenvalue weighted by Gasteiger charge is 2.32. The van der Waals surface area contributed by atoms with Crippen LogP contribution in [0.3, 0.4) is 0 Å². The molecule has 0 aromatic carbocycles. The second-order valence-corrected chi connectivity index (χ2v) is 8.75. The molecule has 0 radical (unpaired) electrons. The molecule has 9 heteroatoms. The summed E-state index contributed by atoms with van der Waals surface area (Å²) in [6.45, 7) is 2.06. The van der Waals surface area contributed by atoms with Gasteiger partial charge in [-0.05, 0) is 17.9 Å². The number of sulfonamides is 1. The van der Waals surface area contributed by atoms with Crippen molar-refractivity contribution in [1.82, 2.24) is 14.1 Å². The molecule has 0 atom stereocenters. The molecule has 1 aromatic heterocycles. The molecule has 0 saturated carbocycles. The molecule has 2 amide bonds. The van der Waals surface area contributed by atoms with Gasteiger partial charge >= 0.3 is 0 Å². The number of carbonyl (C=O) groups is 2. The quantitative estimate of drug-likeness (QED) is 0.771. The van der Waals surface area contributed by atoms with E-state index in [1.54, 1.807) is 27.3 Å². The normalized spacial score (nSPS) is 20.3. The minimum Gasteiger partial charge on any atom is -0.339 e. The van der Waals surface area contributed by atoms with E-state index in [1.807, 2.05) is 0 Å². The summed E-state index contributed by atoms with van der Waals surface area (Å²) in [5.74, 6) is -0.0781. The standard InChI is InChI=1S/C14H19N3O4S2/c18-12-3-1-5-16(12)11-13(19)15-6-8-17(9-7-15)23(20,21)14-4-2-10-22-14/h2,4,10H,1,3,5-9,11H2. The lowest BCUT2D eigenvalue weighted by atomic mass is 10.3. The van der Waals surface area contributed by atoms with Crippen LogP contribution in [0.15, 0.2) is 21.7 Å². The summed E-state index contributed by atoms with van der Waals surface area (Å²) in [7, 11) is -3.45. The van der Waals surface area contributed by atoms with E-state index in [9.17, 15) is 18.0 Å². The van der Waals surface area contributed by atoms with Gasteiger partial charge in [-0.3, -0.25) is 9.59 Å². The summed E-state index contributed by atoms with van der Waals surface area (Å²) in [4.78, 5) is 27.1. The highest BCUT2D eigenvalue weighted by Crippen LogP contribution is 2.22. The van der Waals surface area contributed by atoms with Gasteiger partial charge in [-0.25, -0.2) is 8.42 Å². The van der Waals surface area contributed by atoms with Gasteiger partial charge in [-0.2, -0.15) is 4.31 Å². The molecule has 7 nitrogen and oxygen atoms in total. The highest BCUT2D eigenvalue weighted by molar-refractivity contribution is 7.91. The summed E-state index contributed by atoms with van der Waals surface area (Å²) in [5, 5.41) is 1.74.